The largest absolute Gasteiger partial charge is 0.477 e. The van der Waals surface area contributed by atoms with Gasteiger partial charge in [0.15, 0.2) is 0 Å². The molecule has 0 aliphatic heterocycles. The van der Waals surface area contributed by atoms with Crippen molar-refractivity contribution in [1.82, 2.24) is 5.32 Å². The molecule has 3 unspecified atom stereocenters. The lowest BCUT2D eigenvalue weighted by Crippen LogP contribution is -2.26. The van der Waals surface area contributed by atoms with Crippen LogP contribution in [0.5, 0.6) is 0 Å². The van der Waals surface area contributed by atoms with E-state index in [0.29, 0.717) is 4.88 Å². The van der Waals surface area contributed by atoms with Gasteiger partial charge < -0.3 is 10.4 Å². The van der Waals surface area contributed by atoms with Gasteiger partial charge in [-0.2, -0.15) is 0 Å². The number of fused-ring (bicyclic) bond motifs is 2. The van der Waals surface area contributed by atoms with E-state index in [-0.39, 0.29) is 0 Å². The molecule has 2 N–H and O–H groups in total. The minimum Gasteiger partial charge on any atom is -0.477 e. The Balaban J connectivity index is 1.51. The summed E-state index contributed by atoms with van der Waals surface area (Å²) < 4.78 is 0. The summed E-state index contributed by atoms with van der Waals surface area (Å²) in [6.45, 7) is 3.91. The number of nitrogens with one attached hydrogen (secondary N) is 1. The van der Waals surface area contributed by atoms with Crippen molar-refractivity contribution < 1.29 is 9.90 Å². The van der Waals surface area contributed by atoms with E-state index in [9.17, 15) is 4.79 Å². The summed E-state index contributed by atoms with van der Waals surface area (Å²) >= 11 is 1.38. The van der Waals surface area contributed by atoms with Gasteiger partial charge in [-0.15, -0.1) is 11.3 Å². The highest BCUT2D eigenvalue weighted by Gasteiger charge is 2.38. The molecule has 2 saturated carbocycles. The van der Waals surface area contributed by atoms with Gasteiger partial charge in [-0.05, 0) is 62.1 Å². The molecule has 3 nitrogen and oxygen atoms in total. The molecule has 0 aromatic carbocycles. The molecule has 2 fully saturated rings. The molecular weight excluding hydrogens is 258 g/mol. The average molecular weight is 279 g/mol. The number of carboxylic acid groups (broad SMARTS) is 1. The predicted octanol–water partition coefficient (Wildman–Crippen LogP) is 3.28. The molecule has 3 rings (SSSR count). The normalized spacial score (nSPS) is 29.0. The highest BCUT2D eigenvalue weighted by Crippen LogP contribution is 2.47. The molecule has 3 atom stereocenters. The number of carboxylic acids is 1. The van der Waals surface area contributed by atoms with Crippen molar-refractivity contribution in [3.8, 4) is 0 Å². The van der Waals surface area contributed by atoms with E-state index in [0.717, 1.165) is 41.3 Å². The second-order valence-electron chi connectivity index (χ2n) is 6.06. The molecule has 1 aromatic heterocycles. The number of aromatic carboxylic acids is 1. The fraction of sp³-hybridized carbons (Fsp3) is 0.667. The van der Waals surface area contributed by atoms with Crippen molar-refractivity contribution in [1.29, 1.82) is 0 Å². The van der Waals surface area contributed by atoms with Crippen LogP contribution in [0, 0.1) is 24.7 Å². The fourth-order valence-electron chi connectivity index (χ4n) is 3.82. The van der Waals surface area contributed by atoms with E-state index >= 15 is 0 Å². The summed E-state index contributed by atoms with van der Waals surface area (Å²) in [5.74, 6) is 2.00. The lowest BCUT2D eigenvalue weighted by Gasteiger charge is -2.21. The standard InChI is InChI=1S/C15H21NO2S/c1-9-12(6-14(19-9)15(17)18)7-16-8-13-5-10-2-3-11(13)4-10/h6,10-11,13,16H,2-5,7-8H2,1H3,(H,17,18). The number of hydrogen-bond acceptors (Lipinski definition) is 3. The Morgan fingerprint density at radius 2 is 2.32 bits per heavy atom. The third-order valence-electron chi connectivity index (χ3n) is 4.84. The summed E-state index contributed by atoms with van der Waals surface area (Å²) in [5.41, 5.74) is 1.14. The van der Waals surface area contributed by atoms with E-state index < -0.39 is 5.97 Å². The maximum atomic E-state index is 10.9. The SMILES string of the molecule is Cc1sc(C(=O)O)cc1CNCC1CC2CCC1C2. The molecule has 2 bridgehead atoms. The Morgan fingerprint density at radius 3 is 2.89 bits per heavy atom. The third kappa shape index (κ3) is 2.70. The van der Waals surface area contributed by atoms with Gasteiger partial charge in [0.2, 0.25) is 0 Å². The Bertz CT molecular complexity index is 482. The molecule has 0 amide bonds. The summed E-state index contributed by atoms with van der Waals surface area (Å²) in [6, 6.07) is 1.82. The van der Waals surface area contributed by atoms with Gasteiger partial charge in [0.05, 0.1) is 0 Å². The summed E-state index contributed by atoms with van der Waals surface area (Å²) in [5, 5.41) is 12.5. The average Bonchev–Trinajstić information content (AvgIpc) is 3.05. The monoisotopic (exact) mass is 279 g/mol. The second kappa shape index (κ2) is 5.25. The lowest BCUT2D eigenvalue weighted by molar-refractivity contribution is 0.0702. The smallest absolute Gasteiger partial charge is 0.345 e. The highest BCUT2D eigenvalue weighted by molar-refractivity contribution is 7.14. The van der Waals surface area contributed by atoms with Crippen LogP contribution in [-0.4, -0.2) is 17.6 Å². The molecule has 2 aliphatic carbocycles. The molecular formula is C15H21NO2S. The van der Waals surface area contributed by atoms with Crippen molar-refractivity contribution in [2.24, 2.45) is 17.8 Å². The van der Waals surface area contributed by atoms with E-state index in [1.54, 1.807) is 0 Å². The minimum absolute atomic E-state index is 0.453. The first-order valence-electron chi connectivity index (χ1n) is 7.17. The van der Waals surface area contributed by atoms with Crippen LogP contribution in [0.2, 0.25) is 0 Å². The number of carbonyl (C=O) groups is 1. The molecule has 4 heteroatoms. The van der Waals surface area contributed by atoms with E-state index in [1.807, 2.05) is 13.0 Å². The van der Waals surface area contributed by atoms with Crippen molar-refractivity contribution >= 4 is 17.3 Å². The van der Waals surface area contributed by atoms with Gasteiger partial charge in [0.1, 0.15) is 4.88 Å². The third-order valence-corrected chi connectivity index (χ3v) is 5.92. The zero-order valence-corrected chi connectivity index (χ0v) is 12.1. The topological polar surface area (TPSA) is 49.3 Å². The number of aryl methyl sites for hydroxylation is 1. The molecule has 0 spiro atoms. The van der Waals surface area contributed by atoms with Gasteiger partial charge in [0.25, 0.3) is 0 Å². The maximum absolute atomic E-state index is 10.9. The van der Waals surface area contributed by atoms with Crippen LogP contribution < -0.4 is 5.32 Å². The van der Waals surface area contributed by atoms with Gasteiger partial charge in [-0.25, -0.2) is 4.79 Å². The summed E-state index contributed by atoms with van der Waals surface area (Å²) in [4.78, 5) is 12.5. The quantitative estimate of drug-likeness (QED) is 0.869. The molecule has 104 valence electrons. The Labute approximate surface area is 118 Å². The van der Waals surface area contributed by atoms with Crippen molar-refractivity contribution in [3.05, 3.63) is 21.4 Å². The first-order chi connectivity index (χ1) is 9.13. The first kappa shape index (κ1) is 13.1. The Hall–Kier alpha value is -0.870. The Morgan fingerprint density at radius 1 is 1.47 bits per heavy atom. The van der Waals surface area contributed by atoms with Crippen LogP contribution in [0.4, 0.5) is 0 Å². The predicted molar refractivity (Wildman–Crippen MR) is 76.7 cm³/mol. The van der Waals surface area contributed by atoms with Crippen LogP contribution in [0.25, 0.3) is 0 Å². The fourth-order valence-corrected chi connectivity index (χ4v) is 4.70. The van der Waals surface area contributed by atoms with Crippen LogP contribution in [0.15, 0.2) is 6.07 Å². The van der Waals surface area contributed by atoms with Gasteiger partial charge in [-0.1, -0.05) is 6.42 Å². The zero-order valence-electron chi connectivity index (χ0n) is 11.3. The highest BCUT2D eigenvalue weighted by atomic mass is 32.1. The van der Waals surface area contributed by atoms with Crippen LogP contribution in [0.1, 0.15) is 45.8 Å². The van der Waals surface area contributed by atoms with Crippen molar-refractivity contribution in [3.63, 3.8) is 0 Å². The van der Waals surface area contributed by atoms with Gasteiger partial charge in [0, 0.05) is 11.4 Å². The van der Waals surface area contributed by atoms with Crippen LogP contribution in [0.3, 0.4) is 0 Å². The Kier molecular flexibility index (Phi) is 3.63. The van der Waals surface area contributed by atoms with Gasteiger partial charge >= 0.3 is 5.97 Å². The maximum Gasteiger partial charge on any atom is 0.345 e. The van der Waals surface area contributed by atoms with Crippen LogP contribution in [-0.2, 0) is 6.54 Å². The van der Waals surface area contributed by atoms with E-state index in [1.165, 1.54) is 37.0 Å². The van der Waals surface area contributed by atoms with Gasteiger partial charge in [-0.3, -0.25) is 0 Å². The molecule has 1 aromatic rings. The zero-order chi connectivity index (χ0) is 13.4. The lowest BCUT2D eigenvalue weighted by atomic mass is 9.89. The van der Waals surface area contributed by atoms with E-state index in [4.69, 9.17) is 5.11 Å². The van der Waals surface area contributed by atoms with E-state index in [2.05, 4.69) is 5.32 Å². The van der Waals surface area contributed by atoms with Crippen molar-refractivity contribution in [2.45, 2.75) is 39.2 Å². The molecule has 19 heavy (non-hydrogen) atoms. The number of hydrogen-bond donors (Lipinski definition) is 2. The first-order valence-corrected chi connectivity index (χ1v) is 7.98. The van der Waals surface area contributed by atoms with Crippen molar-refractivity contribution in [2.75, 3.05) is 6.54 Å². The number of thiophene rings is 1. The summed E-state index contributed by atoms with van der Waals surface area (Å²) in [7, 11) is 0. The molecule has 0 saturated heterocycles. The molecule has 2 aliphatic rings. The minimum atomic E-state index is -0.813. The molecule has 0 radical (unpaired) electrons. The molecule has 1 heterocycles. The number of rotatable bonds is 5. The van der Waals surface area contributed by atoms with Crippen LogP contribution >= 0.6 is 11.3 Å². The second-order valence-corrected chi connectivity index (χ2v) is 7.32. The summed E-state index contributed by atoms with van der Waals surface area (Å²) in [6.07, 6.45) is 5.73.